The molecule has 3 heteroatoms. The van der Waals surface area contributed by atoms with E-state index in [0.717, 1.165) is 24.3 Å². The fourth-order valence-electron chi connectivity index (χ4n) is 1.99. The van der Waals surface area contributed by atoms with Gasteiger partial charge in [-0.3, -0.25) is 0 Å². The highest BCUT2D eigenvalue weighted by Gasteiger charge is 2.27. The molecule has 0 radical (unpaired) electrons. The van der Waals surface area contributed by atoms with Gasteiger partial charge in [0.2, 0.25) is 0 Å². The first-order valence-electron chi connectivity index (χ1n) is 5.84. The Morgan fingerprint density at radius 3 is 2.94 bits per heavy atom. The summed E-state index contributed by atoms with van der Waals surface area (Å²) in [6.45, 7) is 0.563. The van der Waals surface area contributed by atoms with E-state index in [1.54, 1.807) is 0 Å². The van der Waals surface area contributed by atoms with E-state index >= 15 is 0 Å². The van der Waals surface area contributed by atoms with E-state index in [1.165, 1.54) is 0 Å². The summed E-state index contributed by atoms with van der Waals surface area (Å²) < 4.78 is 11.6. The predicted octanol–water partition coefficient (Wildman–Crippen LogP) is 1.83. The second-order valence-electron chi connectivity index (χ2n) is 4.05. The molecule has 2 unspecified atom stereocenters. The molecule has 2 atom stereocenters. The molecule has 0 fully saturated rings. The van der Waals surface area contributed by atoms with Crippen LogP contribution in [0.25, 0.3) is 0 Å². The Hall–Kier alpha value is -1.66. The summed E-state index contributed by atoms with van der Waals surface area (Å²) in [5.41, 5.74) is 0. The highest BCUT2D eigenvalue weighted by molar-refractivity contribution is 5.40. The Bertz CT molecular complexity index is 411. The number of fused-ring (bicyclic) bond motifs is 1. The Kier molecular flexibility index (Phi) is 3.89. The smallest absolute Gasteiger partial charge is 0.161 e. The van der Waals surface area contributed by atoms with E-state index in [2.05, 4.69) is 11.2 Å². The summed E-state index contributed by atoms with van der Waals surface area (Å²) in [4.78, 5) is 0. The zero-order valence-electron chi connectivity index (χ0n) is 9.98. The van der Waals surface area contributed by atoms with Crippen molar-refractivity contribution in [1.29, 1.82) is 0 Å². The van der Waals surface area contributed by atoms with E-state index in [0.29, 0.717) is 6.61 Å². The van der Waals surface area contributed by atoms with Gasteiger partial charge in [0, 0.05) is 12.5 Å². The van der Waals surface area contributed by atoms with Crippen molar-refractivity contribution in [3.05, 3.63) is 24.3 Å². The van der Waals surface area contributed by atoms with Crippen LogP contribution in [0.5, 0.6) is 11.5 Å². The van der Waals surface area contributed by atoms with Gasteiger partial charge in [-0.2, -0.15) is 0 Å². The molecule has 0 bridgehead atoms. The predicted molar refractivity (Wildman–Crippen MR) is 67.3 cm³/mol. The monoisotopic (exact) mass is 231 g/mol. The molecule has 3 nitrogen and oxygen atoms in total. The topological polar surface area (TPSA) is 30.5 Å². The molecule has 0 saturated heterocycles. The number of rotatable bonds is 4. The van der Waals surface area contributed by atoms with Crippen molar-refractivity contribution in [1.82, 2.24) is 5.32 Å². The molecule has 1 aliphatic rings. The molecule has 0 amide bonds. The van der Waals surface area contributed by atoms with Crippen LogP contribution in [0.15, 0.2) is 24.3 Å². The number of hydrogen-bond acceptors (Lipinski definition) is 3. The lowest BCUT2D eigenvalue weighted by Gasteiger charge is -2.31. The number of benzene rings is 1. The second kappa shape index (κ2) is 5.60. The van der Waals surface area contributed by atoms with Crippen LogP contribution in [0.2, 0.25) is 0 Å². The van der Waals surface area contributed by atoms with Gasteiger partial charge in [-0.05, 0) is 25.6 Å². The molecule has 2 rings (SSSR count). The van der Waals surface area contributed by atoms with Crippen molar-refractivity contribution < 1.29 is 9.47 Å². The molecular weight excluding hydrogens is 214 g/mol. The maximum atomic E-state index is 5.93. The fourth-order valence-corrected chi connectivity index (χ4v) is 1.99. The summed E-state index contributed by atoms with van der Waals surface area (Å²) >= 11 is 0. The van der Waals surface area contributed by atoms with Crippen molar-refractivity contribution >= 4 is 0 Å². The maximum absolute atomic E-state index is 5.93. The molecule has 1 aliphatic heterocycles. The molecular formula is C14H17NO2. The standard InChI is InChI=1S/C14H17NO2/c1-3-4-7-11(15-2)14-10-16-12-8-5-6-9-13(12)17-14/h1,5-6,8-9,11,14-15H,4,7,10H2,2H3. The third-order valence-corrected chi connectivity index (χ3v) is 2.95. The van der Waals surface area contributed by atoms with Crippen LogP contribution in [-0.2, 0) is 0 Å². The highest BCUT2D eigenvalue weighted by Crippen LogP contribution is 2.31. The maximum Gasteiger partial charge on any atom is 0.161 e. The van der Waals surface area contributed by atoms with Gasteiger partial charge < -0.3 is 14.8 Å². The average Bonchev–Trinajstić information content (AvgIpc) is 2.39. The quantitative estimate of drug-likeness (QED) is 0.802. The Morgan fingerprint density at radius 2 is 2.24 bits per heavy atom. The van der Waals surface area contributed by atoms with Gasteiger partial charge in [0.25, 0.3) is 0 Å². The third kappa shape index (κ3) is 2.72. The van der Waals surface area contributed by atoms with Gasteiger partial charge in [-0.25, -0.2) is 0 Å². The Balaban J connectivity index is 2.03. The average molecular weight is 231 g/mol. The third-order valence-electron chi connectivity index (χ3n) is 2.95. The largest absolute Gasteiger partial charge is 0.486 e. The van der Waals surface area contributed by atoms with Crippen molar-refractivity contribution in [2.45, 2.75) is 25.0 Å². The van der Waals surface area contributed by atoms with Crippen LogP contribution >= 0.6 is 0 Å². The normalized spacial score (nSPS) is 19.4. The van der Waals surface area contributed by atoms with Crippen LogP contribution in [0.1, 0.15) is 12.8 Å². The molecule has 90 valence electrons. The number of para-hydroxylation sites is 2. The van der Waals surface area contributed by atoms with Gasteiger partial charge in [-0.15, -0.1) is 12.3 Å². The number of terminal acetylenes is 1. The zero-order chi connectivity index (χ0) is 12.1. The number of hydrogen-bond donors (Lipinski definition) is 1. The van der Waals surface area contributed by atoms with E-state index in [9.17, 15) is 0 Å². The summed E-state index contributed by atoms with van der Waals surface area (Å²) in [7, 11) is 1.92. The minimum absolute atomic E-state index is 0.0169. The summed E-state index contributed by atoms with van der Waals surface area (Å²) in [6.07, 6.45) is 6.94. The molecule has 0 spiro atoms. The number of ether oxygens (including phenoxy) is 2. The first-order chi connectivity index (χ1) is 8.35. The summed E-state index contributed by atoms with van der Waals surface area (Å²) in [6, 6.07) is 7.95. The van der Waals surface area contributed by atoms with Crippen molar-refractivity contribution in [2.75, 3.05) is 13.7 Å². The molecule has 1 heterocycles. The minimum Gasteiger partial charge on any atom is -0.486 e. The Morgan fingerprint density at radius 1 is 1.47 bits per heavy atom. The SMILES string of the molecule is C#CCCC(NC)C1COc2ccccc2O1. The molecule has 0 aromatic heterocycles. The van der Waals surface area contributed by atoms with Crippen LogP contribution in [0, 0.1) is 12.3 Å². The molecule has 17 heavy (non-hydrogen) atoms. The van der Waals surface area contributed by atoms with E-state index in [4.69, 9.17) is 15.9 Å². The lowest BCUT2D eigenvalue weighted by Crippen LogP contribution is -2.46. The molecule has 0 saturated carbocycles. The second-order valence-corrected chi connectivity index (χ2v) is 4.05. The first-order valence-corrected chi connectivity index (χ1v) is 5.84. The summed E-state index contributed by atoms with van der Waals surface area (Å²) in [5.74, 6) is 4.28. The molecule has 1 aromatic rings. The van der Waals surface area contributed by atoms with Gasteiger partial charge in [0.15, 0.2) is 11.5 Å². The van der Waals surface area contributed by atoms with E-state index in [1.807, 2.05) is 31.3 Å². The van der Waals surface area contributed by atoms with Crippen molar-refractivity contribution in [3.8, 4) is 23.8 Å². The lowest BCUT2D eigenvalue weighted by molar-refractivity contribution is 0.0621. The van der Waals surface area contributed by atoms with Crippen molar-refractivity contribution in [2.24, 2.45) is 0 Å². The Labute approximate surface area is 102 Å². The zero-order valence-corrected chi connectivity index (χ0v) is 9.98. The molecule has 1 aromatic carbocycles. The van der Waals surface area contributed by atoms with Crippen LogP contribution in [0.4, 0.5) is 0 Å². The minimum atomic E-state index is 0.0169. The summed E-state index contributed by atoms with van der Waals surface area (Å²) in [5, 5.41) is 3.24. The first kappa shape index (κ1) is 11.8. The van der Waals surface area contributed by atoms with E-state index in [-0.39, 0.29) is 12.1 Å². The molecule has 0 aliphatic carbocycles. The van der Waals surface area contributed by atoms with Gasteiger partial charge >= 0.3 is 0 Å². The van der Waals surface area contributed by atoms with Gasteiger partial charge in [0.1, 0.15) is 12.7 Å². The highest BCUT2D eigenvalue weighted by atomic mass is 16.6. The number of likely N-dealkylation sites (N-methyl/N-ethyl adjacent to an activating group) is 1. The van der Waals surface area contributed by atoms with Gasteiger partial charge in [-0.1, -0.05) is 12.1 Å². The molecule has 1 N–H and O–H groups in total. The van der Waals surface area contributed by atoms with Crippen LogP contribution in [0.3, 0.4) is 0 Å². The van der Waals surface area contributed by atoms with E-state index < -0.39 is 0 Å². The number of nitrogens with one attached hydrogen (secondary N) is 1. The van der Waals surface area contributed by atoms with Crippen LogP contribution < -0.4 is 14.8 Å². The lowest BCUT2D eigenvalue weighted by atomic mass is 10.1. The van der Waals surface area contributed by atoms with Crippen molar-refractivity contribution in [3.63, 3.8) is 0 Å². The fraction of sp³-hybridized carbons (Fsp3) is 0.429. The van der Waals surface area contributed by atoms with Crippen LogP contribution in [-0.4, -0.2) is 25.8 Å². The van der Waals surface area contributed by atoms with Gasteiger partial charge in [0.05, 0.1) is 0 Å².